The zero-order chi connectivity index (χ0) is 13.8. The highest BCUT2D eigenvalue weighted by atomic mass is 16.5. The molecular formula is C11H18N2O5. The molecule has 1 aliphatic rings. The van der Waals surface area contributed by atoms with Gasteiger partial charge in [0, 0.05) is 13.1 Å². The molecule has 2 amide bonds. The fraction of sp³-hybridized carbons (Fsp3) is 0.727. The molecule has 1 saturated heterocycles. The van der Waals surface area contributed by atoms with E-state index < -0.39 is 23.4 Å². The van der Waals surface area contributed by atoms with Crippen molar-refractivity contribution in [3.05, 3.63) is 0 Å². The highest BCUT2D eigenvalue weighted by molar-refractivity contribution is 5.82. The molecule has 0 aliphatic carbocycles. The number of hydrogen-bond acceptors (Lipinski definition) is 4. The van der Waals surface area contributed by atoms with E-state index in [1.54, 1.807) is 13.8 Å². The zero-order valence-electron chi connectivity index (χ0n) is 10.6. The topological polar surface area (TPSA) is 95.9 Å². The Hall–Kier alpha value is -1.79. The Morgan fingerprint density at radius 3 is 2.61 bits per heavy atom. The van der Waals surface area contributed by atoms with Crippen molar-refractivity contribution in [3.8, 4) is 0 Å². The van der Waals surface area contributed by atoms with E-state index in [0.717, 1.165) is 0 Å². The summed E-state index contributed by atoms with van der Waals surface area (Å²) < 4.78 is 4.67. The minimum Gasteiger partial charge on any atom is -0.481 e. The van der Waals surface area contributed by atoms with Gasteiger partial charge in [0.25, 0.3) is 0 Å². The van der Waals surface area contributed by atoms with Crippen LogP contribution >= 0.6 is 0 Å². The van der Waals surface area contributed by atoms with Gasteiger partial charge in [0.1, 0.15) is 6.54 Å². The van der Waals surface area contributed by atoms with Crippen LogP contribution in [0.1, 0.15) is 20.3 Å². The number of esters is 1. The zero-order valence-corrected chi connectivity index (χ0v) is 10.6. The van der Waals surface area contributed by atoms with Gasteiger partial charge in [-0.25, -0.2) is 4.79 Å². The van der Waals surface area contributed by atoms with Crippen molar-refractivity contribution in [3.63, 3.8) is 0 Å². The standard InChI is InChI=1S/C11H18N2O5/c1-3-18-8(14)6-12-10(17)13-5-4-11(2,7-13)9(15)16/h3-7H2,1-2H3,(H,12,17)(H,15,16). The monoisotopic (exact) mass is 258 g/mol. The van der Waals surface area contributed by atoms with Gasteiger partial charge in [0.2, 0.25) is 0 Å². The molecule has 1 unspecified atom stereocenters. The second-order valence-corrected chi connectivity index (χ2v) is 4.50. The van der Waals surface area contributed by atoms with Crippen LogP contribution in [0.25, 0.3) is 0 Å². The fourth-order valence-corrected chi connectivity index (χ4v) is 1.78. The average molecular weight is 258 g/mol. The summed E-state index contributed by atoms with van der Waals surface area (Å²) in [5.74, 6) is -1.42. The first-order valence-corrected chi connectivity index (χ1v) is 5.81. The summed E-state index contributed by atoms with van der Waals surface area (Å²) in [7, 11) is 0. The smallest absolute Gasteiger partial charge is 0.325 e. The van der Waals surface area contributed by atoms with E-state index in [1.807, 2.05) is 0 Å². The molecule has 7 nitrogen and oxygen atoms in total. The van der Waals surface area contributed by atoms with Gasteiger partial charge in [-0.3, -0.25) is 9.59 Å². The lowest BCUT2D eigenvalue weighted by Gasteiger charge is -2.20. The Labute approximate surface area is 105 Å². The molecule has 0 spiro atoms. The van der Waals surface area contributed by atoms with Crippen molar-refractivity contribution in [2.45, 2.75) is 20.3 Å². The van der Waals surface area contributed by atoms with Gasteiger partial charge in [-0.2, -0.15) is 0 Å². The average Bonchev–Trinajstić information content (AvgIpc) is 2.71. The van der Waals surface area contributed by atoms with Crippen LogP contribution in [0.4, 0.5) is 4.79 Å². The Kier molecular flexibility index (Phi) is 4.52. The van der Waals surface area contributed by atoms with E-state index in [0.29, 0.717) is 13.0 Å². The first kappa shape index (κ1) is 14.3. The van der Waals surface area contributed by atoms with Crippen molar-refractivity contribution in [2.24, 2.45) is 5.41 Å². The number of nitrogens with zero attached hydrogens (tertiary/aromatic N) is 1. The van der Waals surface area contributed by atoms with Crippen molar-refractivity contribution in [2.75, 3.05) is 26.2 Å². The molecule has 0 saturated carbocycles. The molecule has 0 bridgehead atoms. The van der Waals surface area contributed by atoms with Crippen LogP contribution in [0, 0.1) is 5.41 Å². The molecule has 1 aliphatic heterocycles. The molecule has 7 heteroatoms. The fourth-order valence-electron chi connectivity index (χ4n) is 1.78. The summed E-state index contributed by atoms with van der Waals surface area (Å²) in [6.07, 6.45) is 0.412. The van der Waals surface area contributed by atoms with Gasteiger partial charge in [-0.15, -0.1) is 0 Å². The highest BCUT2D eigenvalue weighted by Crippen LogP contribution is 2.29. The molecule has 1 rings (SSSR count). The third-order valence-corrected chi connectivity index (χ3v) is 2.97. The van der Waals surface area contributed by atoms with E-state index in [4.69, 9.17) is 5.11 Å². The number of nitrogens with one attached hydrogen (secondary N) is 1. The summed E-state index contributed by atoms with van der Waals surface area (Å²) in [5.41, 5.74) is -0.902. The SMILES string of the molecule is CCOC(=O)CNC(=O)N1CCC(C)(C(=O)O)C1. The van der Waals surface area contributed by atoms with Gasteiger partial charge in [0.05, 0.1) is 12.0 Å². The number of carboxylic acids is 1. The number of carboxylic acid groups (broad SMARTS) is 1. The molecule has 0 aromatic heterocycles. The van der Waals surface area contributed by atoms with Crippen LogP contribution in [0.5, 0.6) is 0 Å². The lowest BCUT2D eigenvalue weighted by Crippen LogP contribution is -2.42. The van der Waals surface area contributed by atoms with E-state index in [2.05, 4.69) is 10.1 Å². The predicted molar refractivity (Wildman–Crippen MR) is 62.0 cm³/mol. The summed E-state index contributed by atoms with van der Waals surface area (Å²) in [6.45, 7) is 3.86. The first-order chi connectivity index (χ1) is 8.39. The number of hydrogen-bond donors (Lipinski definition) is 2. The number of amides is 2. The molecule has 0 aromatic carbocycles. The minimum atomic E-state index is -0.914. The van der Waals surface area contributed by atoms with E-state index in [-0.39, 0.29) is 19.7 Å². The van der Waals surface area contributed by atoms with Crippen molar-refractivity contribution < 1.29 is 24.2 Å². The van der Waals surface area contributed by atoms with Gasteiger partial charge < -0.3 is 20.1 Å². The van der Waals surface area contributed by atoms with Crippen LogP contribution in [-0.4, -0.2) is 54.2 Å². The van der Waals surface area contributed by atoms with Gasteiger partial charge in [0.15, 0.2) is 0 Å². The van der Waals surface area contributed by atoms with Gasteiger partial charge in [-0.05, 0) is 20.3 Å². The summed E-state index contributed by atoms with van der Waals surface area (Å²) in [6, 6.07) is -0.437. The van der Waals surface area contributed by atoms with Gasteiger partial charge >= 0.3 is 18.0 Å². The number of aliphatic carboxylic acids is 1. The van der Waals surface area contributed by atoms with Crippen LogP contribution in [0.3, 0.4) is 0 Å². The summed E-state index contributed by atoms with van der Waals surface area (Å²) >= 11 is 0. The molecule has 2 N–H and O–H groups in total. The van der Waals surface area contributed by atoms with E-state index in [9.17, 15) is 14.4 Å². The Morgan fingerprint density at radius 1 is 1.44 bits per heavy atom. The molecule has 1 fully saturated rings. The molecule has 0 aromatic rings. The molecular weight excluding hydrogens is 240 g/mol. The van der Waals surface area contributed by atoms with Crippen LogP contribution < -0.4 is 5.32 Å². The number of urea groups is 1. The summed E-state index contributed by atoms with van der Waals surface area (Å²) in [5, 5.41) is 11.4. The Balaban J connectivity index is 2.41. The van der Waals surface area contributed by atoms with Crippen LogP contribution in [0.2, 0.25) is 0 Å². The molecule has 18 heavy (non-hydrogen) atoms. The molecule has 1 heterocycles. The number of ether oxygens (including phenoxy) is 1. The van der Waals surface area contributed by atoms with Crippen molar-refractivity contribution in [1.82, 2.24) is 10.2 Å². The molecule has 0 radical (unpaired) electrons. The van der Waals surface area contributed by atoms with Crippen LogP contribution in [-0.2, 0) is 14.3 Å². The van der Waals surface area contributed by atoms with Crippen LogP contribution in [0.15, 0.2) is 0 Å². The van der Waals surface area contributed by atoms with Crippen molar-refractivity contribution in [1.29, 1.82) is 0 Å². The van der Waals surface area contributed by atoms with Crippen molar-refractivity contribution >= 4 is 18.0 Å². The minimum absolute atomic E-state index is 0.150. The highest BCUT2D eigenvalue weighted by Gasteiger charge is 2.42. The Bertz CT molecular complexity index is 357. The quantitative estimate of drug-likeness (QED) is 0.695. The maximum Gasteiger partial charge on any atom is 0.325 e. The Morgan fingerprint density at radius 2 is 2.11 bits per heavy atom. The third-order valence-electron chi connectivity index (χ3n) is 2.97. The maximum atomic E-state index is 11.7. The lowest BCUT2D eigenvalue weighted by atomic mass is 9.90. The van der Waals surface area contributed by atoms with Gasteiger partial charge in [-0.1, -0.05) is 0 Å². The summed E-state index contributed by atoms with van der Waals surface area (Å²) in [4.78, 5) is 35.1. The number of carbonyl (C=O) groups is 3. The molecule has 1 atom stereocenters. The molecule has 102 valence electrons. The normalized spacial score (nSPS) is 22.7. The first-order valence-electron chi connectivity index (χ1n) is 5.81. The lowest BCUT2D eigenvalue weighted by molar-refractivity contribution is -0.147. The number of carbonyl (C=O) groups excluding carboxylic acids is 2. The maximum absolute atomic E-state index is 11.7. The third kappa shape index (κ3) is 3.35. The predicted octanol–water partition coefficient (Wildman–Crippen LogP) is 0.0557. The number of likely N-dealkylation sites (tertiary alicyclic amines) is 1. The second kappa shape index (κ2) is 5.70. The van der Waals surface area contributed by atoms with E-state index in [1.165, 1.54) is 4.90 Å². The number of rotatable bonds is 4. The largest absolute Gasteiger partial charge is 0.481 e. The second-order valence-electron chi connectivity index (χ2n) is 4.50. The van der Waals surface area contributed by atoms with E-state index >= 15 is 0 Å².